The molecule has 0 aliphatic carbocycles. The molecule has 0 bridgehead atoms. The van der Waals surface area contributed by atoms with Crippen molar-refractivity contribution < 1.29 is 39.4 Å². The molecular formula is C17H18FNO6. The number of nitrogens with two attached hydrogens (primary N) is 1. The maximum Gasteiger partial charge on any atom is 0.351 e. The first-order valence-electron chi connectivity index (χ1n) is 7.20. The van der Waals surface area contributed by atoms with Crippen molar-refractivity contribution in [2.75, 3.05) is 7.11 Å². The number of hydrogen-bond donors (Lipinski definition) is 3. The summed E-state index contributed by atoms with van der Waals surface area (Å²) in [4.78, 5) is 18.0. The smallest absolute Gasteiger partial charge is 0.351 e. The van der Waals surface area contributed by atoms with Gasteiger partial charge in [-0.05, 0) is 24.3 Å². The highest BCUT2D eigenvalue weighted by atomic mass is 19.1. The monoisotopic (exact) mass is 351 g/mol. The largest absolute Gasteiger partial charge is 0.539 e. The Morgan fingerprint density at radius 1 is 1.16 bits per heavy atom. The van der Waals surface area contributed by atoms with Crippen LogP contribution in [0.25, 0.3) is 0 Å². The van der Waals surface area contributed by atoms with Crippen molar-refractivity contribution in [3.8, 4) is 11.5 Å². The molecule has 0 aliphatic rings. The fraction of sp³-hybridized carbons (Fsp3) is 0.176. The number of aromatic hydroxyl groups is 1. The number of halogens is 1. The minimum Gasteiger partial charge on any atom is -0.539 e. The normalized spacial score (nSPS) is 9.68. The summed E-state index contributed by atoms with van der Waals surface area (Å²) in [5.74, 6) is -3.58. The summed E-state index contributed by atoms with van der Waals surface area (Å²) in [7, 11) is 1.53. The van der Waals surface area contributed by atoms with Crippen molar-refractivity contribution in [3.05, 3.63) is 59.4 Å². The first-order valence-corrected chi connectivity index (χ1v) is 7.20. The molecule has 8 heteroatoms. The topological polar surface area (TPSA) is 124 Å². The Kier molecular flexibility index (Phi) is 7.88. The van der Waals surface area contributed by atoms with Gasteiger partial charge in [-0.25, -0.2) is 9.18 Å². The first-order chi connectivity index (χ1) is 11.8. The van der Waals surface area contributed by atoms with Crippen LogP contribution in [0.2, 0.25) is 0 Å². The van der Waals surface area contributed by atoms with Crippen LogP contribution >= 0.6 is 0 Å². The number of carboxylic acids is 2. The maximum absolute atomic E-state index is 12.8. The third kappa shape index (κ3) is 6.88. The van der Waals surface area contributed by atoms with E-state index in [1.807, 2.05) is 17.4 Å². The molecule has 0 saturated heterocycles. The number of phenols is 1. The predicted molar refractivity (Wildman–Crippen MR) is 83.0 cm³/mol. The van der Waals surface area contributed by atoms with E-state index in [4.69, 9.17) is 24.5 Å². The van der Waals surface area contributed by atoms with Gasteiger partial charge in [-0.3, -0.25) is 0 Å². The Morgan fingerprint density at radius 3 is 2.28 bits per heavy atom. The maximum atomic E-state index is 12.8. The van der Waals surface area contributed by atoms with E-state index in [1.165, 1.54) is 19.2 Å². The van der Waals surface area contributed by atoms with E-state index in [-0.39, 0.29) is 11.6 Å². The Bertz CT molecular complexity index is 706. The lowest BCUT2D eigenvalue weighted by molar-refractivity contribution is -0.686. The van der Waals surface area contributed by atoms with Crippen LogP contribution in [0.4, 0.5) is 4.39 Å². The molecule has 0 aromatic heterocycles. The second-order valence-electron chi connectivity index (χ2n) is 4.88. The van der Waals surface area contributed by atoms with E-state index in [1.54, 1.807) is 18.2 Å². The Labute approximate surface area is 143 Å². The van der Waals surface area contributed by atoms with E-state index in [9.17, 15) is 9.50 Å². The Hall–Kier alpha value is -3.13. The zero-order valence-corrected chi connectivity index (χ0v) is 13.4. The van der Waals surface area contributed by atoms with E-state index in [0.717, 1.165) is 17.7 Å². The van der Waals surface area contributed by atoms with E-state index in [0.29, 0.717) is 12.3 Å². The van der Waals surface area contributed by atoms with Gasteiger partial charge in [0.2, 0.25) is 0 Å². The number of hydrogen-bond acceptors (Lipinski definition) is 5. The zero-order chi connectivity index (χ0) is 18.8. The van der Waals surface area contributed by atoms with Crippen molar-refractivity contribution in [2.45, 2.75) is 13.1 Å². The summed E-state index contributed by atoms with van der Waals surface area (Å²) in [5.41, 5.74) is 1.87. The average molecular weight is 351 g/mol. The second kappa shape index (κ2) is 9.89. The van der Waals surface area contributed by atoms with Gasteiger partial charge in [0.15, 0.2) is 17.5 Å². The SMILES string of the molecule is COc1cccc(C[NH2+]Cc2ccc(F)cc2)c1O.O=C([O-])C(=O)O. The molecule has 25 heavy (non-hydrogen) atoms. The molecule has 2 aromatic rings. The highest BCUT2D eigenvalue weighted by Gasteiger charge is 2.08. The predicted octanol–water partition coefficient (Wildman–Crippen LogP) is -0.376. The van der Waals surface area contributed by atoms with Gasteiger partial charge >= 0.3 is 5.97 Å². The quantitative estimate of drug-likeness (QED) is 0.631. The van der Waals surface area contributed by atoms with Crippen molar-refractivity contribution >= 4 is 11.9 Å². The van der Waals surface area contributed by atoms with Crippen LogP contribution in [0.1, 0.15) is 11.1 Å². The molecule has 0 radical (unpaired) electrons. The molecule has 0 unspecified atom stereocenters. The van der Waals surface area contributed by atoms with E-state index in [2.05, 4.69) is 0 Å². The standard InChI is InChI=1S/C15H16FNO2.C2H2O4/c1-19-14-4-2-3-12(15(14)18)10-17-9-11-5-7-13(16)8-6-11;3-1(4)2(5)6/h2-8,17-18H,9-10H2,1H3;(H,3,4)(H,5,6). The number of carbonyl (C=O) groups excluding carboxylic acids is 1. The molecule has 0 aliphatic heterocycles. The molecule has 2 rings (SSSR count). The second-order valence-corrected chi connectivity index (χ2v) is 4.88. The molecule has 2 aromatic carbocycles. The molecule has 7 nitrogen and oxygen atoms in total. The fourth-order valence-electron chi connectivity index (χ4n) is 1.91. The van der Waals surface area contributed by atoms with Gasteiger partial charge in [-0.1, -0.05) is 18.2 Å². The van der Waals surface area contributed by atoms with Gasteiger partial charge in [0.25, 0.3) is 0 Å². The van der Waals surface area contributed by atoms with Crippen LogP contribution in [-0.2, 0) is 22.7 Å². The number of phenolic OH excluding ortho intramolecular Hbond substituents is 1. The number of carboxylic acid groups (broad SMARTS) is 2. The van der Waals surface area contributed by atoms with Crippen LogP contribution in [0.15, 0.2) is 42.5 Å². The van der Waals surface area contributed by atoms with E-state index < -0.39 is 11.9 Å². The fourth-order valence-corrected chi connectivity index (χ4v) is 1.91. The highest BCUT2D eigenvalue weighted by molar-refractivity contribution is 6.26. The number of benzene rings is 2. The zero-order valence-electron chi connectivity index (χ0n) is 13.4. The van der Waals surface area contributed by atoms with Gasteiger partial charge in [0.05, 0.1) is 12.7 Å². The van der Waals surface area contributed by atoms with Crippen LogP contribution in [0, 0.1) is 5.82 Å². The number of para-hydroxylation sites is 1. The third-order valence-electron chi connectivity index (χ3n) is 3.13. The lowest BCUT2D eigenvalue weighted by atomic mass is 10.1. The number of quaternary nitrogens is 1. The number of methoxy groups -OCH3 is 1. The van der Waals surface area contributed by atoms with Crippen LogP contribution in [-0.4, -0.2) is 29.3 Å². The summed E-state index contributed by atoms with van der Waals surface area (Å²) < 4.78 is 17.8. The summed E-state index contributed by atoms with van der Waals surface area (Å²) in [6.45, 7) is 1.37. The number of ether oxygens (including phenoxy) is 1. The number of rotatable bonds is 5. The molecule has 0 atom stereocenters. The van der Waals surface area contributed by atoms with Crippen molar-refractivity contribution in [3.63, 3.8) is 0 Å². The van der Waals surface area contributed by atoms with Crippen LogP contribution in [0.3, 0.4) is 0 Å². The molecule has 134 valence electrons. The summed E-state index contributed by atoms with van der Waals surface area (Å²) in [6, 6.07) is 11.9. The summed E-state index contributed by atoms with van der Waals surface area (Å²) in [5, 5.41) is 28.3. The third-order valence-corrected chi connectivity index (χ3v) is 3.13. The van der Waals surface area contributed by atoms with E-state index >= 15 is 0 Å². The van der Waals surface area contributed by atoms with Gasteiger partial charge in [-0.2, -0.15) is 0 Å². The molecule has 0 spiro atoms. The Balaban J connectivity index is 0.000000450. The summed E-state index contributed by atoms with van der Waals surface area (Å²) >= 11 is 0. The lowest BCUT2D eigenvalue weighted by Crippen LogP contribution is -2.80. The lowest BCUT2D eigenvalue weighted by Gasteiger charge is -2.08. The number of aliphatic carboxylic acids is 2. The number of carbonyl (C=O) groups is 2. The molecule has 0 heterocycles. The Morgan fingerprint density at radius 2 is 1.76 bits per heavy atom. The van der Waals surface area contributed by atoms with Crippen LogP contribution < -0.4 is 15.2 Å². The highest BCUT2D eigenvalue weighted by Crippen LogP contribution is 2.28. The molecular weight excluding hydrogens is 333 g/mol. The van der Waals surface area contributed by atoms with Crippen molar-refractivity contribution in [1.29, 1.82) is 0 Å². The molecule has 0 fully saturated rings. The van der Waals surface area contributed by atoms with Gasteiger partial charge in [-0.15, -0.1) is 0 Å². The minimum absolute atomic E-state index is 0.181. The minimum atomic E-state index is -2.07. The van der Waals surface area contributed by atoms with Crippen molar-refractivity contribution in [2.24, 2.45) is 0 Å². The molecule has 0 amide bonds. The summed E-state index contributed by atoms with van der Waals surface area (Å²) in [6.07, 6.45) is 0. The first kappa shape index (κ1) is 19.9. The molecule has 4 N–H and O–H groups in total. The van der Waals surface area contributed by atoms with Gasteiger partial charge in [0.1, 0.15) is 18.9 Å². The van der Waals surface area contributed by atoms with Gasteiger partial charge < -0.3 is 30.2 Å². The van der Waals surface area contributed by atoms with Crippen LogP contribution in [0.5, 0.6) is 11.5 Å². The van der Waals surface area contributed by atoms with Gasteiger partial charge in [0, 0.05) is 5.56 Å². The molecule has 0 saturated carbocycles. The van der Waals surface area contributed by atoms with Crippen molar-refractivity contribution in [1.82, 2.24) is 0 Å². The average Bonchev–Trinajstić information content (AvgIpc) is 2.58.